The van der Waals surface area contributed by atoms with Gasteiger partial charge in [0.25, 0.3) is 0 Å². The van der Waals surface area contributed by atoms with Crippen LogP contribution in [0.5, 0.6) is 0 Å². The molecule has 12 heteroatoms. The van der Waals surface area contributed by atoms with Crippen molar-refractivity contribution in [2.45, 2.75) is 95.2 Å². The summed E-state index contributed by atoms with van der Waals surface area (Å²) in [6.07, 6.45) is 7.50. The van der Waals surface area contributed by atoms with Gasteiger partial charge in [-0.3, -0.25) is 19.2 Å². The second-order valence-corrected chi connectivity index (χ2v) is 14.9. The van der Waals surface area contributed by atoms with Crippen molar-refractivity contribution >= 4 is 39.6 Å². The molecule has 8 atom stereocenters. The second-order valence-electron chi connectivity index (χ2n) is 13.9. The van der Waals surface area contributed by atoms with Gasteiger partial charge in [0, 0.05) is 31.1 Å². The Hall–Kier alpha value is -3.06. The van der Waals surface area contributed by atoms with Crippen molar-refractivity contribution in [2.24, 2.45) is 17.8 Å². The van der Waals surface area contributed by atoms with Crippen molar-refractivity contribution in [3.05, 3.63) is 58.6 Å². The summed E-state index contributed by atoms with van der Waals surface area (Å²) >= 11 is 3.62. The molecule has 5 bridgehead atoms. The summed E-state index contributed by atoms with van der Waals surface area (Å²) in [4.78, 5) is 60.6. The summed E-state index contributed by atoms with van der Waals surface area (Å²) in [5.74, 6) is -3.65. The Kier molecular flexibility index (Phi) is 12.4. The SMILES string of the molecule is CCCCCN1C/C=C\CCC(=O)N[C@H](COC)[C@@H](c2ccccc2)OC(=O)[C@@H]2[C@H]3O[C@@]4(C=C3Br)[C@H](C1=O)N([C@@H](CO)CC(C)C)C(=O)[C@@H]24. The molecule has 49 heavy (non-hydrogen) atoms. The number of cyclic esters (lactones) is 1. The van der Waals surface area contributed by atoms with E-state index in [-0.39, 0.29) is 43.9 Å². The normalized spacial score (nSPS) is 31.9. The van der Waals surface area contributed by atoms with Crippen LogP contribution in [0.2, 0.25) is 0 Å². The van der Waals surface area contributed by atoms with Crippen LogP contribution in [0.25, 0.3) is 0 Å². The zero-order chi connectivity index (χ0) is 35.3. The van der Waals surface area contributed by atoms with Gasteiger partial charge in [-0.2, -0.15) is 0 Å². The van der Waals surface area contributed by atoms with E-state index in [0.717, 1.165) is 19.3 Å². The van der Waals surface area contributed by atoms with Crippen LogP contribution in [-0.2, 0) is 33.4 Å². The fraction of sp³-hybridized carbons (Fsp3) is 0.622. The van der Waals surface area contributed by atoms with E-state index < -0.39 is 59.6 Å². The molecule has 4 aliphatic heterocycles. The first-order valence-corrected chi connectivity index (χ1v) is 18.3. The average molecular weight is 745 g/mol. The van der Waals surface area contributed by atoms with E-state index in [1.54, 1.807) is 11.0 Å². The largest absolute Gasteiger partial charge is 0.455 e. The first-order chi connectivity index (χ1) is 23.6. The maximum Gasteiger partial charge on any atom is 0.313 e. The molecule has 1 spiro atoms. The van der Waals surface area contributed by atoms with Crippen LogP contribution in [0.1, 0.15) is 71.0 Å². The van der Waals surface area contributed by atoms with Crippen molar-refractivity contribution in [3.8, 4) is 0 Å². The number of carbonyl (C=O) groups is 4. The first kappa shape index (κ1) is 37.2. The molecule has 4 heterocycles. The van der Waals surface area contributed by atoms with E-state index in [1.165, 1.54) is 12.0 Å². The van der Waals surface area contributed by atoms with Crippen LogP contribution in [0.15, 0.2) is 53.0 Å². The summed E-state index contributed by atoms with van der Waals surface area (Å²) in [6.45, 7) is 6.56. The maximum atomic E-state index is 14.9. The van der Waals surface area contributed by atoms with Crippen molar-refractivity contribution in [1.82, 2.24) is 15.1 Å². The number of aliphatic hydroxyl groups is 1. The number of fused-ring (bicyclic) bond motifs is 2. The fourth-order valence-corrected chi connectivity index (χ4v) is 8.60. The molecule has 3 amide bonds. The van der Waals surface area contributed by atoms with E-state index in [4.69, 9.17) is 14.2 Å². The smallest absolute Gasteiger partial charge is 0.313 e. The summed E-state index contributed by atoms with van der Waals surface area (Å²) in [5, 5.41) is 13.7. The third-order valence-electron chi connectivity index (χ3n) is 10.0. The second kappa shape index (κ2) is 16.3. The van der Waals surface area contributed by atoms with Crippen LogP contribution in [0.4, 0.5) is 0 Å². The van der Waals surface area contributed by atoms with Gasteiger partial charge in [-0.25, -0.2) is 0 Å². The van der Waals surface area contributed by atoms with Gasteiger partial charge in [-0.15, -0.1) is 0 Å². The average Bonchev–Trinajstić information content (AvgIpc) is 3.67. The molecule has 0 unspecified atom stereocenters. The molecule has 268 valence electrons. The van der Waals surface area contributed by atoms with Crippen molar-refractivity contribution < 1.29 is 38.5 Å². The highest BCUT2D eigenvalue weighted by molar-refractivity contribution is 9.11. The van der Waals surface area contributed by atoms with E-state index in [1.807, 2.05) is 56.3 Å². The molecular formula is C37H50BrN3O8. The Morgan fingerprint density at radius 1 is 1.08 bits per heavy atom. The standard InChI is InChI=1S/C37H50BrN3O8/c1-5-6-12-17-40-18-13-8-11-16-28(43)39-27(22-47-4)31(24-14-9-7-10-15-24)48-36(46)29-30-34(44)41(25(21-42)19-23(2)3)33(35(40)45)37(30)20-26(38)32(29)49-37/h7-10,13-15,20,23,25,27,29-33,42H,5-6,11-12,16-19,21-22H2,1-4H3,(H,39,43)/b13-8-/t25-,27-,29+,30-,31-,32+,33+,37-/m1/s1. The number of nitrogens with zero attached hydrogens (tertiary/aromatic N) is 2. The molecule has 0 aromatic heterocycles. The molecule has 1 aromatic rings. The van der Waals surface area contributed by atoms with Crippen LogP contribution in [-0.4, -0.2) is 102 Å². The Morgan fingerprint density at radius 3 is 2.51 bits per heavy atom. The Balaban J connectivity index is 1.64. The lowest BCUT2D eigenvalue weighted by Crippen LogP contribution is -2.58. The molecule has 1 aromatic carbocycles. The quantitative estimate of drug-likeness (QED) is 0.197. The predicted molar refractivity (Wildman–Crippen MR) is 186 cm³/mol. The summed E-state index contributed by atoms with van der Waals surface area (Å²) < 4.78 is 19.0. The summed E-state index contributed by atoms with van der Waals surface area (Å²) in [6, 6.07) is 6.63. The van der Waals surface area contributed by atoms with Gasteiger partial charge >= 0.3 is 5.97 Å². The number of allylic oxidation sites excluding steroid dienone is 1. The topological polar surface area (TPSA) is 135 Å². The Labute approximate surface area is 297 Å². The molecule has 11 nitrogen and oxygen atoms in total. The number of hydrogen-bond acceptors (Lipinski definition) is 8. The lowest BCUT2D eigenvalue weighted by atomic mass is 9.74. The number of esters is 1. The molecule has 2 fully saturated rings. The number of amides is 3. The Morgan fingerprint density at radius 2 is 1.84 bits per heavy atom. The number of carbonyl (C=O) groups excluding carboxylic acids is 4. The van der Waals surface area contributed by atoms with Gasteiger partial charge in [0.05, 0.1) is 31.2 Å². The van der Waals surface area contributed by atoms with Gasteiger partial charge in [0.15, 0.2) is 0 Å². The molecule has 2 N–H and O–H groups in total. The van der Waals surface area contributed by atoms with Crippen LogP contribution < -0.4 is 5.32 Å². The summed E-state index contributed by atoms with van der Waals surface area (Å²) in [5.41, 5.74) is -0.800. The number of hydrogen-bond donors (Lipinski definition) is 2. The van der Waals surface area contributed by atoms with E-state index in [0.29, 0.717) is 29.4 Å². The first-order valence-electron chi connectivity index (χ1n) is 17.5. The molecule has 0 aliphatic carbocycles. The summed E-state index contributed by atoms with van der Waals surface area (Å²) in [7, 11) is 1.51. The van der Waals surface area contributed by atoms with Crippen LogP contribution in [0.3, 0.4) is 0 Å². The van der Waals surface area contributed by atoms with E-state index >= 15 is 0 Å². The highest BCUT2D eigenvalue weighted by Crippen LogP contribution is 2.59. The van der Waals surface area contributed by atoms with Crippen molar-refractivity contribution in [1.29, 1.82) is 0 Å². The number of halogens is 1. The maximum absolute atomic E-state index is 14.9. The highest BCUT2D eigenvalue weighted by Gasteiger charge is 2.75. The number of benzene rings is 1. The van der Waals surface area contributed by atoms with Gasteiger partial charge < -0.3 is 34.4 Å². The van der Waals surface area contributed by atoms with Gasteiger partial charge in [0.2, 0.25) is 17.7 Å². The third kappa shape index (κ3) is 7.52. The minimum absolute atomic E-state index is 0.0688. The van der Waals surface area contributed by atoms with Crippen molar-refractivity contribution in [2.75, 3.05) is 33.4 Å². The van der Waals surface area contributed by atoms with Crippen LogP contribution >= 0.6 is 15.9 Å². The molecule has 0 radical (unpaired) electrons. The predicted octanol–water partition coefficient (Wildman–Crippen LogP) is 4.05. The van der Waals surface area contributed by atoms with E-state index in [9.17, 15) is 24.3 Å². The lowest BCUT2D eigenvalue weighted by molar-refractivity contribution is -0.163. The molecule has 0 saturated carbocycles. The molecule has 4 aliphatic rings. The van der Waals surface area contributed by atoms with Gasteiger partial charge in [0.1, 0.15) is 29.8 Å². The zero-order valence-corrected chi connectivity index (χ0v) is 30.5. The zero-order valence-electron chi connectivity index (χ0n) is 28.9. The number of unbranched alkanes of at least 4 members (excludes halogenated alkanes) is 2. The minimum atomic E-state index is -1.45. The van der Waals surface area contributed by atoms with Gasteiger partial charge in [-0.1, -0.05) is 92.0 Å². The van der Waals surface area contributed by atoms with Crippen molar-refractivity contribution in [3.63, 3.8) is 0 Å². The van der Waals surface area contributed by atoms with E-state index in [2.05, 4.69) is 28.2 Å². The Bertz CT molecular complexity index is 1420. The number of nitrogens with one attached hydrogen (secondary N) is 1. The number of ether oxygens (including phenoxy) is 3. The number of rotatable bonds is 11. The number of methoxy groups -OCH3 is 1. The highest BCUT2D eigenvalue weighted by atomic mass is 79.9. The molecule has 5 rings (SSSR count). The monoisotopic (exact) mass is 743 g/mol. The third-order valence-corrected chi connectivity index (χ3v) is 10.7. The molecular weight excluding hydrogens is 694 g/mol. The lowest BCUT2D eigenvalue weighted by Gasteiger charge is -2.39. The number of likely N-dealkylation sites (tertiary alicyclic amines) is 1. The number of aliphatic hydroxyl groups excluding tert-OH is 1. The van der Waals surface area contributed by atoms with Gasteiger partial charge in [-0.05, 0) is 36.8 Å². The van der Waals surface area contributed by atoms with Crippen LogP contribution in [0, 0.1) is 17.8 Å². The molecule has 2 saturated heterocycles. The fourth-order valence-electron chi connectivity index (χ4n) is 7.86. The minimum Gasteiger partial charge on any atom is -0.455 e.